The number of nitrogens with one attached hydrogen (secondary N) is 2. The highest BCUT2D eigenvalue weighted by molar-refractivity contribution is 14.0. The quantitative estimate of drug-likeness (QED) is 0.344. The summed E-state index contributed by atoms with van der Waals surface area (Å²) in [7, 11) is 0. The van der Waals surface area contributed by atoms with Crippen molar-refractivity contribution < 1.29 is 9.63 Å². The Kier molecular flexibility index (Phi) is 9.31. The van der Waals surface area contributed by atoms with E-state index in [1.54, 1.807) is 6.92 Å². The predicted octanol–water partition coefficient (Wildman–Crippen LogP) is 2.17. The molecule has 0 saturated heterocycles. The molecule has 0 saturated carbocycles. The zero-order valence-electron chi connectivity index (χ0n) is 13.9. The summed E-state index contributed by atoms with van der Waals surface area (Å²) in [4.78, 5) is 8.49. The molecule has 1 atom stereocenters. The summed E-state index contributed by atoms with van der Waals surface area (Å²) in [6, 6.07) is 9.61. The maximum atomic E-state index is 10.1. The number of halogens is 1. The molecule has 7 nitrogen and oxygen atoms in total. The fraction of sp³-hybridized carbons (Fsp3) is 0.438. The van der Waals surface area contributed by atoms with E-state index in [2.05, 4.69) is 25.8 Å². The summed E-state index contributed by atoms with van der Waals surface area (Å²) in [5.74, 6) is 1.73. The summed E-state index contributed by atoms with van der Waals surface area (Å²) < 4.78 is 5.03. The van der Waals surface area contributed by atoms with Crippen molar-refractivity contribution in [3.8, 4) is 0 Å². The number of aliphatic imine (C=N–C) groups is 1. The molecule has 1 aromatic heterocycles. The van der Waals surface area contributed by atoms with Crippen LogP contribution in [-0.2, 0) is 6.54 Å². The van der Waals surface area contributed by atoms with Crippen molar-refractivity contribution in [1.82, 2.24) is 20.8 Å². The van der Waals surface area contributed by atoms with E-state index < -0.39 is 6.10 Å². The van der Waals surface area contributed by atoms with Gasteiger partial charge in [-0.1, -0.05) is 35.5 Å². The van der Waals surface area contributed by atoms with Crippen LogP contribution in [-0.4, -0.2) is 34.3 Å². The predicted molar refractivity (Wildman–Crippen MR) is 103 cm³/mol. The third-order valence-corrected chi connectivity index (χ3v) is 3.18. The second kappa shape index (κ2) is 11.0. The maximum absolute atomic E-state index is 10.1. The monoisotopic (exact) mass is 445 g/mol. The maximum Gasteiger partial charge on any atom is 0.248 e. The molecule has 0 amide bonds. The Balaban J connectivity index is 0.00000288. The Hall–Kier alpha value is -1.68. The number of nitrogens with zero attached hydrogens (tertiary/aromatic N) is 3. The van der Waals surface area contributed by atoms with Crippen molar-refractivity contribution in [2.24, 2.45) is 4.99 Å². The highest BCUT2D eigenvalue weighted by atomic mass is 127. The summed E-state index contributed by atoms with van der Waals surface area (Å²) in [6.45, 7) is 5.43. The molecule has 3 N–H and O–H groups in total. The first-order valence-electron chi connectivity index (χ1n) is 7.73. The number of aliphatic hydroxyl groups excluding tert-OH is 1. The molecule has 132 valence electrons. The number of rotatable bonds is 7. The van der Waals surface area contributed by atoms with Crippen LogP contribution in [0.1, 0.15) is 36.7 Å². The van der Waals surface area contributed by atoms with Crippen LogP contribution in [0, 0.1) is 6.92 Å². The second-order valence-corrected chi connectivity index (χ2v) is 5.07. The number of aliphatic hydroxyl groups is 1. The van der Waals surface area contributed by atoms with Gasteiger partial charge in [-0.15, -0.1) is 24.0 Å². The van der Waals surface area contributed by atoms with Crippen molar-refractivity contribution >= 4 is 29.9 Å². The van der Waals surface area contributed by atoms with Gasteiger partial charge in [-0.2, -0.15) is 4.98 Å². The number of hydrogen-bond acceptors (Lipinski definition) is 5. The van der Waals surface area contributed by atoms with E-state index in [4.69, 9.17) is 4.52 Å². The minimum atomic E-state index is -0.495. The lowest BCUT2D eigenvalue weighted by molar-refractivity contribution is 0.168. The Bertz CT molecular complexity index is 618. The van der Waals surface area contributed by atoms with Crippen molar-refractivity contribution in [2.75, 3.05) is 13.1 Å². The molecule has 0 aliphatic rings. The van der Waals surface area contributed by atoms with Gasteiger partial charge in [0, 0.05) is 13.1 Å². The lowest BCUT2D eigenvalue weighted by atomic mass is 10.1. The normalized spacial score (nSPS) is 12.4. The van der Waals surface area contributed by atoms with Gasteiger partial charge in [0.15, 0.2) is 11.8 Å². The highest BCUT2D eigenvalue weighted by Gasteiger charge is 2.07. The molecule has 1 aromatic carbocycles. The molecule has 0 bridgehead atoms. The van der Waals surface area contributed by atoms with E-state index in [-0.39, 0.29) is 24.0 Å². The molecule has 8 heteroatoms. The van der Waals surface area contributed by atoms with Gasteiger partial charge in [-0.25, -0.2) is 4.99 Å². The Morgan fingerprint density at radius 1 is 1.29 bits per heavy atom. The molecule has 2 rings (SSSR count). The van der Waals surface area contributed by atoms with Gasteiger partial charge in [0.2, 0.25) is 5.89 Å². The first-order valence-corrected chi connectivity index (χ1v) is 7.73. The van der Waals surface area contributed by atoms with E-state index in [1.165, 1.54) is 0 Å². The van der Waals surface area contributed by atoms with Gasteiger partial charge < -0.3 is 20.3 Å². The van der Waals surface area contributed by atoms with Crippen molar-refractivity contribution in [3.63, 3.8) is 0 Å². The van der Waals surface area contributed by atoms with E-state index >= 15 is 0 Å². The Morgan fingerprint density at radius 2 is 2.04 bits per heavy atom. The molecule has 0 aliphatic carbocycles. The van der Waals surface area contributed by atoms with Crippen LogP contribution in [0.15, 0.2) is 39.8 Å². The molecule has 2 aromatic rings. The van der Waals surface area contributed by atoms with E-state index in [1.807, 2.05) is 37.3 Å². The fourth-order valence-electron chi connectivity index (χ4n) is 2.06. The van der Waals surface area contributed by atoms with Crippen LogP contribution in [0.4, 0.5) is 0 Å². The van der Waals surface area contributed by atoms with Crippen LogP contribution in [0.2, 0.25) is 0 Å². The van der Waals surface area contributed by atoms with Crippen molar-refractivity contribution in [2.45, 2.75) is 32.9 Å². The molecule has 0 radical (unpaired) electrons. The molecule has 1 heterocycles. The summed E-state index contributed by atoms with van der Waals surface area (Å²) in [6.07, 6.45) is 0.0961. The lowest BCUT2D eigenvalue weighted by Gasteiger charge is -2.14. The van der Waals surface area contributed by atoms with Gasteiger partial charge in [0.25, 0.3) is 0 Å². The van der Waals surface area contributed by atoms with Crippen molar-refractivity contribution in [3.05, 3.63) is 47.6 Å². The molecule has 1 unspecified atom stereocenters. The summed E-state index contributed by atoms with van der Waals surface area (Å²) in [5, 5.41) is 20.2. The number of guanidine groups is 1. The van der Waals surface area contributed by atoms with Crippen LogP contribution < -0.4 is 10.6 Å². The van der Waals surface area contributed by atoms with E-state index in [0.717, 1.165) is 12.1 Å². The summed E-state index contributed by atoms with van der Waals surface area (Å²) in [5.41, 5.74) is 0.914. The summed E-state index contributed by atoms with van der Waals surface area (Å²) >= 11 is 0. The number of aromatic nitrogens is 2. The van der Waals surface area contributed by atoms with Crippen LogP contribution in [0.25, 0.3) is 0 Å². The third kappa shape index (κ3) is 6.83. The molecular formula is C16H24IN5O2. The third-order valence-electron chi connectivity index (χ3n) is 3.18. The standard InChI is InChI=1S/C16H23N5O2.HI/c1-3-17-16(19-11-15-20-12(2)21-23-15)18-10-9-14(22)13-7-5-4-6-8-13;/h4-8,14,22H,3,9-11H2,1-2H3,(H2,17,18,19);1H. The number of aryl methyl sites for hydroxylation is 1. The topological polar surface area (TPSA) is 95.6 Å². The molecule has 24 heavy (non-hydrogen) atoms. The average molecular weight is 445 g/mol. The molecular weight excluding hydrogens is 421 g/mol. The SMILES string of the molecule is CCNC(=NCc1nc(C)no1)NCCC(O)c1ccccc1.I. The average Bonchev–Trinajstić information content (AvgIpc) is 2.99. The van der Waals surface area contributed by atoms with Crippen molar-refractivity contribution in [1.29, 1.82) is 0 Å². The smallest absolute Gasteiger partial charge is 0.248 e. The molecule has 0 aliphatic heterocycles. The first-order chi connectivity index (χ1) is 11.2. The minimum Gasteiger partial charge on any atom is -0.388 e. The molecule has 0 spiro atoms. The zero-order chi connectivity index (χ0) is 16.5. The Labute approximate surface area is 159 Å². The number of hydrogen-bond donors (Lipinski definition) is 3. The van der Waals surface area contributed by atoms with Gasteiger partial charge >= 0.3 is 0 Å². The van der Waals surface area contributed by atoms with Gasteiger partial charge in [-0.3, -0.25) is 0 Å². The van der Waals surface area contributed by atoms with Gasteiger partial charge in [0.05, 0.1) is 6.10 Å². The lowest BCUT2D eigenvalue weighted by Crippen LogP contribution is -2.38. The van der Waals surface area contributed by atoms with E-state index in [9.17, 15) is 5.11 Å². The van der Waals surface area contributed by atoms with Crippen LogP contribution in [0.5, 0.6) is 0 Å². The minimum absolute atomic E-state index is 0. The van der Waals surface area contributed by atoms with Crippen LogP contribution >= 0.6 is 24.0 Å². The number of benzene rings is 1. The largest absolute Gasteiger partial charge is 0.388 e. The van der Waals surface area contributed by atoms with Crippen LogP contribution in [0.3, 0.4) is 0 Å². The highest BCUT2D eigenvalue weighted by Crippen LogP contribution is 2.14. The van der Waals surface area contributed by atoms with Gasteiger partial charge in [0.1, 0.15) is 6.54 Å². The zero-order valence-corrected chi connectivity index (χ0v) is 16.2. The first kappa shape index (κ1) is 20.4. The Morgan fingerprint density at radius 3 is 2.67 bits per heavy atom. The van der Waals surface area contributed by atoms with E-state index in [0.29, 0.717) is 37.2 Å². The second-order valence-electron chi connectivity index (χ2n) is 5.07. The molecule has 0 fully saturated rings. The fourth-order valence-corrected chi connectivity index (χ4v) is 2.06. The van der Waals surface area contributed by atoms with Gasteiger partial charge in [-0.05, 0) is 25.8 Å².